The van der Waals surface area contributed by atoms with E-state index in [2.05, 4.69) is 33.0 Å². The normalized spacial score (nSPS) is 13.5. The fourth-order valence-corrected chi connectivity index (χ4v) is 1.30. The molecule has 0 aromatic rings. The minimum atomic E-state index is 0.401. The van der Waals surface area contributed by atoms with Gasteiger partial charge >= 0.3 is 0 Å². The van der Waals surface area contributed by atoms with Crippen LogP contribution in [0.3, 0.4) is 0 Å². The second kappa shape index (κ2) is 9.47. The molecule has 2 nitrogen and oxygen atoms in total. The zero-order chi connectivity index (χ0) is 10.8. The van der Waals surface area contributed by atoms with Gasteiger partial charge in [0.15, 0.2) is 0 Å². The molecule has 0 fully saturated rings. The highest BCUT2D eigenvalue weighted by molar-refractivity contribution is 4.57. The summed E-state index contributed by atoms with van der Waals surface area (Å²) in [5, 5.41) is 3.40. The Morgan fingerprint density at radius 2 is 1.86 bits per heavy atom. The Hall–Kier alpha value is -0.0800. The molecule has 0 aliphatic carbocycles. The predicted octanol–water partition coefficient (Wildman–Crippen LogP) is 2.97. The third-order valence-electron chi connectivity index (χ3n) is 2.25. The fraction of sp³-hybridized carbons (Fsp3) is 1.00. The quantitative estimate of drug-likeness (QED) is 0.579. The van der Waals surface area contributed by atoms with Crippen molar-refractivity contribution < 1.29 is 4.74 Å². The Morgan fingerprint density at radius 3 is 2.43 bits per heavy atom. The molecule has 0 rings (SSSR count). The Kier molecular flexibility index (Phi) is 9.42. The van der Waals surface area contributed by atoms with Crippen LogP contribution >= 0.6 is 0 Å². The van der Waals surface area contributed by atoms with Crippen molar-refractivity contribution in [2.45, 2.75) is 65.5 Å². The largest absolute Gasteiger partial charge is 0.378 e. The van der Waals surface area contributed by atoms with E-state index in [1.54, 1.807) is 0 Å². The van der Waals surface area contributed by atoms with E-state index in [1.807, 2.05) is 0 Å². The van der Waals surface area contributed by atoms with Gasteiger partial charge in [0.05, 0.1) is 6.10 Å². The van der Waals surface area contributed by atoms with Crippen LogP contribution in [0.1, 0.15) is 53.4 Å². The van der Waals surface area contributed by atoms with E-state index in [1.165, 1.54) is 19.3 Å². The van der Waals surface area contributed by atoms with Gasteiger partial charge in [0.25, 0.3) is 0 Å². The third kappa shape index (κ3) is 10.0. The standard InChI is InChI=1S/C12H27NO/c1-5-6-7-10-14-12(4)8-9-13-11(2)3/h11-13H,5-10H2,1-4H3. The highest BCUT2D eigenvalue weighted by Crippen LogP contribution is 2.00. The molecule has 0 aromatic heterocycles. The molecule has 86 valence electrons. The summed E-state index contributed by atoms with van der Waals surface area (Å²) < 4.78 is 5.69. The molecular weight excluding hydrogens is 174 g/mol. The Balaban J connectivity index is 3.15. The van der Waals surface area contributed by atoms with Crippen molar-refractivity contribution in [2.75, 3.05) is 13.2 Å². The smallest absolute Gasteiger partial charge is 0.0559 e. The van der Waals surface area contributed by atoms with E-state index in [0.29, 0.717) is 12.1 Å². The predicted molar refractivity (Wildman–Crippen MR) is 62.7 cm³/mol. The molecule has 2 heteroatoms. The van der Waals surface area contributed by atoms with E-state index in [4.69, 9.17) is 4.74 Å². The molecular formula is C12H27NO. The molecule has 0 aliphatic rings. The van der Waals surface area contributed by atoms with Gasteiger partial charge in [-0.2, -0.15) is 0 Å². The summed E-state index contributed by atoms with van der Waals surface area (Å²) in [6, 6.07) is 0.585. The maximum atomic E-state index is 5.69. The van der Waals surface area contributed by atoms with Gasteiger partial charge in [-0.25, -0.2) is 0 Å². The number of ether oxygens (including phenoxy) is 1. The summed E-state index contributed by atoms with van der Waals surface area (Å²) in [7, 11) is 0. The van der Waals surface area contributed by atoms with Crippen LogP contribution < -0.4 is 5.32 Å². The first-order valence-corrected chi connectivity index (χ1v) is 6.01. The first-order chi connectivity index (χ1) is 6.66. The summed E-state index contributed by atoms with van der Waals surface area (Å²) >= 11 is 0. The van der Waals surface area contributed by atoms with Gasteiger partial charge < -0.3 is 10.1 Å². The summed E-state index contributed by atoms with van der Waals surface area (Å²) in [6.45, 7) is 10.7. The number of hydrogen-bond acceptors (Lipinski definition) is 2. The van der Waals surface area contributed by atoms with Crippen LogP contribution in [0.15, 0.2) is 0 Å². The monoisotopic (exact) mass is 201 g/mol. The maximum Gasteiger partial charge on any atom is 0.0559 e. The molecule has 0 spiro atoms. The first-order valence-electron chi connectivity index (χ1n) is 6.01. The van der Waals surface area contributed by atoms with Crippen molar-refractivity contribution in [3.8, 4) is 0 Å². The lowest BCUT2D eigenvalue weighted by molar-refractivity contribution is 0.0576. The third-order valence-corrected chi connectivity index (χ3v) is 2.25. The minimum Gasteiger partial charge on any atom is -0.378 e. The van der Waals surface area contributed by atoms with Crippen molar-refractivity contribution in [2.24, 2.45) is 0 Å². The van der Waals surface area contributed by atoms with Crippen LogP contribution in [-0.4, -0.2) is 25.3 Å². The second-order valence-corrected chi connectivity index (χ2v) is 4.29. The zero-order valence-electron chi connectivity index (χ0n) is 10.3. The zero-order valence-corrected chi connectivity index (χ0v) is 10.3. The van der Waals surface area contributed by atoms with E-state index < -0.39 is 0 Å². The van der Waals surface area contributed by atoms with Crippen LogP contribution in [0.2, 0.25) is 0 Å². The van der Waals surface area contributed by atoms with E-state index in [-0.39, 0.29) is 0 Å². The minimum absolute atomic E-state index is 0.401. The summed E-state index contributed by atoms with van der Waals surface area (Å²) in [4.78, 5) is 0. The molecule has 0 heterocycles. The highest BCUT2D eigenvalue weighted by Gasteiger charge is 2.01. The number of hydrogen-bond donors (Lipinski definition) is 1. The maximum absolute atomic E-state index is 5.69. The molecule has 0 radical (unpaired) electrons. The molecule has 1 N–H and O–H groups in total. The summed E-state index contributed by atoms with van der Waals surface area (Å²) in [6.07, 6.45) is 5.28. The van der Waals surface area contributed by atoms with E-state index in [9.17, 15) is 0 Å². The lowest BCUT2D eigenvalue weighted by Crippen LogP contribution is -2.26. The lowest BCUT2D eigenvalue weighted by atomic mass is 10.2. The summed E-state index contributed by atoms with van der Waals surface area (Å²) in [5.41, 5.74) is 0. The molecule has 14 heavy (non-hydrogen) atoms. The Bertz CT molecular complexity index is 115. The van der Waals surface area contributed by atoms with Gasteiger partial charge in [-0.3, -0.25) is 0 Å². The molecule has 1 atom stereocenters. The van der Waals surface area contributed by atoms with Crippen molar-refractivity contribution in [3.63, 3.8) is 0 Å². The number of unbranched alkanes of at least 4 members (excludes halogenated alkanes) is 2. The van der Waals surface area contributed by atoms with Crippen molar-refractivity contribution >= 4 is 0 Å². The van der Waals surface area contributed by atoms with Crippen molar-refractivity contribution in [1.29, 1.82) is 0 Å². The molecule has 1 unspecified atom stereocenters. The first kappa shape index (κ1) is 13.9. The molecule has 0 saturated heterocycles. The van der Waals surface area contributed by atoms with Crippen LogP contribution in [0.25, 0.3) is 0 Å². The van der Waals surface area contributed by atoms with Gasteiger partial charge in [-0.1, -0.05) is 33.6 Å². The van der Waals surface area contributed by atoms with Gasteiger partial charge in [0.2, 0.25) is 0 Å². The number of rotatable bonds is 9. The Morgan fingerprint density at radius 1 is 1.14 bits per heavy atom. The van der Waals surface area contributed by atoms with Crippen LogP contribution in [0.5, 0.6) is 0 Å². The van der Waals surface area contributed by atoms with Crippen molar-refractivity contribution in [1.82, 2.24) is 5.32 Å². The van der Waals surface area contributed by atoms with Gasteiger partial charge in [0, 0.05) is 12.6 Å². The molecule has 0 saturated carbocycles. The highest BCUT2D eigenvalue weighted by atomic mass is 16.5. The van der Waals surface area contributed by atoms with Gasteiger partial charge in [-0.15, -0.1) is 0 Å². The summed E-state index contributed by atoms with van der Waals surface area (Å²) in [5.74, 6) is 0. The van der Waals surface area contributed by atoms with E-state index in [0.717, 1.165) is 19.6 Å². The lowest BCUT2D eigenvalue weighted by Gasteiger charge is -2.14. The van der Waals surface area contributed by atoms with Gasteiger partial charge in [-0.05, 0) is 26.3 Å². The molecule has 0 amide bonds. The van der Waals surface area contributed by atoms with Crippen LogP contribution in [0.4, 0.5) is 0 Å². The Labute approximate surface area is 89.4 Å². The average molecular weight is 201 g/mol. The van der Waals surface area contributed by atoms with Crippen LogP contribution in [-0.2, 0) is 4.74 Å². The molecule has 0 bridgehead atoms. The van der Waals surface area contributed by atoms with Gasteiger partial charge in [0.1, 0.15) is 0 Å². The molecule has 0 aromatic carbocycles. The average Bonchev–Trinajstić information content (AvgIpc) is 2.12. The number of nitrogens with one attached hydrogen (secondary N) is 1. The van der Waals surface area contributed by atoms with Crippen molar-refractivity contribution in [3.05, 3.63) is 0 Å². The topological polar surface area (TPSA) is 21.3 Å². The SMILES string of the molecule is CCCCCOC(C)CCNC(C)C. The second-order valence-electron chi connectivity index (χ2n) is 4.29. The fourth-order valence-electron chi connectivity index (χ4n) is 1.30. The van der Waals surface area contributed by atoms with E-state index >= 15 is 0 Å². The van der Waals surface area contributed by atoms with Crippen LogP contribution in [0, 0.1) is 0 Å². The molecule has 0 aliphatic heterocycles.